The summed E-state index contributed by atoms with van der Waals surface area (Å²) < 4.78 is 6.85. The first-order chi connectivity index (χ1) is 9.72. The summed E-state index contributed by atoms with van der Waals surface area (Å²) in [7, 11) is 0. The average molecular weight is 273 g/mol. The molecule has 1 unspecified atom stereocenters. The third kappa shape index (κ3) is 3.41. The molecule has 0 fully saturated rings. The highest BCUT2D eigenvalue weighted by Crippen LogP contribution is 2.11. The zero-order valence-electron chi connectivity index (χ0n) is 11.3. The molecule has 0 radical (unpaired) electrons. The molecule has 0 amide bonds. The standard InChI is InChI=1S/C12H15N7O/c1-4-6-14-10-16-11(19-8-13-7-15-19)18-12(17-10)20-9(3)5-2/h2,7-9H,4,6H2,1,3H3,(H,14,16,17,18). The highest BCUT2D eigenvalue weighted by Gasteiger charge is 2.11. The van der Waals surface area contributed by atoms with E-state index >= 15 is 0 Å². The summed E-state index contributed by atoms with van der Waals surface area (Å²) in [6.07, 6.45) is 8.69. The molecule has 0 bridgehead atoms. The lowest BCUT2D eigenvalue weighted by Gasteiger charge is -2.10. The van der Waals surface area contributed by atoms with Crippen LogP contribution in [0.2, 0.25) is 0 Å². The summed E-state index contributed by atoms with van der Waals surface area (Å²) in [5.74, 6) is 3.18. The van der Waals surface area contributed by atoms with Gasteiger partial charge < -0.3 is 10.1 Å². The van der Waals surface area contributed by atoms with Crippen molar-refractivity contribution in [3.63, 3.8) is 0 Å². The first-order valence-corrected chi connectivity index (χ1v) is 6.20. The molecule has 1 atom stereocenters. The Hall–Kier alpha value is -2.69. The minimum Gasteiger partial charge on any atom is -0.447 e. The van der Waals surface area contributed by atoms with Crippen molar-refractivity contribution in [2.45, 2.75) is 26.4 Å². The predicted octanol–water partition coefficient (Wildman–Crippen LogP) is 0.675. The van der Waals surface area contributed by atoms with E-state index in [-0.39, 0.29) is 6.01 Å². The minimum atomic E-state index is -0.431. The Kier molecular flexibility index (Phi) is 4.44. The van der Waals surface area contributed by atoms with Crippen LogP contribution in [-0.4, -0.2) is 42.4 Å². The van der Waals surface area contributed by atoms with Crippen molar-refractivity contribution in [2.75, 3.05) is 11.9 Å². The smallest absolute Gasteiger partial charge is 0.324 e. The number of hydrogen-bond acceptors (Lipinski definition) is 7. The Balaban J connectivity index is 2.31. The van der Waals surface area contributed by atoms with Gasteiger partial charge in [-0.05, 0) is 13.3 Å². The second-order valence-corrected chi connectivity index (χ2v) is 3.94. The van der Waals surface area contributed by atoms with Gasteiger partial charge in [-0.1, -0.05) is 12.8 Å². The number of hydrogen-bond donors (Lipinski definition) is 1. The van der Waals surface area contributed by atoms with E-state index in [0.29, 0.717) is 11.9 Å². The molecule has 0 saturated heterocycles. The van der Waals surface area contributed by atoms with Crippen LogP contribution in [0.4, 0.5) is 5.95 Å². The summed E-state index contributed by atoms with van der Waals surface area (Å²) >= 11 is 0. The van der Waals surface area contributed by atoms with Gasteiger partial charge in [0.15, 0.2) is 6.10 Å². The Morgan fingerprint density at radius 2 is 2.30 bits per heavy atom. The van der Waals surface area contributed by atoms with Crippen LogP contribution in [0.15, 0.2) is 12.7 Å². The van der Waals surface area contributed by atoms with Crippen LogP contribution in [0.25, 0.3) is 5.95 Å². The van der Waals surface area contributed by atoms with Crippen LogP contribution in [0.3, 0.4) is 0 Å². The van der Waals surface area contributed by atoms with Gasteiger partial charge in [0.2, 0.25) is 5.95 Å². The molecule has 0 aliphatic heterocycles. The van der Waals surface area contributed by atoms with Crippen molar-refractivity contribution in [1.82, 2.24) is 29.7 Å². The third-order valence-electron chi connectivity index (χ3n) is 2.28. The fourth-order valence-corrected chi connectivity index (χ4v) is 1.32. The van der Waals surface area contributed by atoms with E-state index in [1.807, 2.05) is 6.92 Å². The molecule has 20 heavy (non-hydrogen) atoms. The molecular weight excluding hydrogens is 258 g/mol. The van der Waals surface area contributed by atoms with Crippen molar-refractivity contribution >= 4 is 5.95 Å². The molecule has 0 aromatic carbocycles. The summed E-state index contributed by atoms with van der Waals surface area (Å²) in [5.41, 5.74) is 0. The lowest BCUT2D eigenvalue weighted by Crippen LogP contribution is -2.15. The molecule has 2 heterocycles. The Morgan fingerprint density at radius 3 is 2.95 bits per heavy atom. The Bertz CT molecular complexity index is 590. The minimum absolute atomic E-state index is 0.148. The maximum Gasteiger partial charge on any atom is 0.324 e. The molecule has 8 heteroatoms. The molecule has 2 rings (SSSR count). The van der Waals surface area contributed by atoms with E-state index in [1.54, 1.807) is 6.92 Å². The van der Waals surface area contributed by atoms with Crippen LogP contribution in [-0.2, 0) is 0 Å². The molecule has 0 aliphatic rings. The molecule has 2 aromatic heterocycles. The van der Waals surface area contributed by atoms with Gasteiger partial charge in [0.25, 0.3) is 5.95 Å². The van der Waals surface area contributed by atoms with Crippen LogP contribution in [0.1, 0.15) is 20.3 Å². The molecule has 8 nitrogen and oxygen atoms in total. The molecule has 104 valence electrons. The fourth-order valence-electron chi connectivity index (χ4n) is 1.32. The summed E-state index contributed by atoms with van der Waals surface area (Å²) in [5, 5.41) is 7.05. The van der Waals surface area contributed by atoms with Gasteiger partial charge in [-0.3, -0.25) is 0 Å². The number of anilines is 1. The van der Waals surface area contributed by atoms with Gasteiger partial charge in [0.1, 0.15) is 12.7 Å². The van der Waals surface area contributed by atoms with Gasteiger partial charge >= 0.3 is 6.01 Å². The maximum absolute atomic E-state index is 5.42. The van der Waals surface area contributed by atoms with Crippen molar-refractivity contribution < 1.29 is 4.74 Å². The molecular formula is C12H15N7O. The van der Waals surface area contributed by atoms with Crippen molar-refractivity contribution in [3.05, 3.63) is 12.7 Å². The zero-order valence-corrected chi connectivity index (χ0v) is 11.3. The first-order valence-electron chi connectivity index (χ1n) is 6.20. The number of nitrogens with zero attached hydrogens (tertiary/aromatic N) is 6. The largest absolute Gasteiger partial charge is 0.447 e. The average Bonchev–Trinajstić information content (AvgIpc) is 2.99. The van der Waals surface area contributed by atoms with E-state index in [2.05, 4.69) is 36.3 Å². The second kappa shape index (κ2) is 6.47. The van der Waals surface area contributed by atoms with Gasteiger partial charge in [-0.25, -0.2) is 4.98 Å². The quantitative estimate of drug-likeness (QED) is 0.774. The van der Waals surface area contributed by atoms with E-state index in [0.717, 1.165) is 13.0 Å². The normalized spacial score (nSPS) is 11.7. The Labute approximate surface area is 116 Å². The number of nitrogens with one attached hydrogen (secondary N) is 1. The van der Waals surface area contributed by atoms with Crippen molar-refractivity contribution in [2.24, 2.45) is 0 Å². The van der Waals surface area contributed by atoms with Gasteiger partial charge in [-0.2, -0.15) is 24.7 Å². The van der Waals surface area contributed by atoms with Crippen molar-refractivity contribution in [3.8, 4) is 24.3 Å². The maximum atomic E-state index is 5.42. The molecule has 0 spiro atoms. The summed E-state index contributed by atoms with van der Waals surface area (Å²) in [6, 6.07) is 0.148. The second-order valence-electron chi connectivity index (χ2n) is 3.94. The number of terminal acetylenes is 1. The van der Waals surface area contributed by atoms with E-state index in [9.17, 15) is 0 Å². The van der Waals surface area contributed by atoms with E-state index < -0.39 is 6.10 Å². The first kappa shape index (κ1) is 13.7. The highest BCUT2D eigenvalue weighted by molar-refractivity contribution is 5.29. The fraction of sp³-hybridized carbons (Fsp3) is 0.417. The van der Waals surface area contributed by atoms with Crippen LogP contribution in [0, 0.1) is 12.3 Å². The van der Waals surface area contributed by atoms with Crippen LogP contribution >= 0.6 is 0 Å². The number of ether oxygens (including phenoxy) is 1. The SMILES string of the molecule is C#CC(C)Oc1nc(NCCC)nc(-n2cncn2)n1. The lowest BCUT2D eigenvalue weighted by molar-refractivity contribution is 0.255. The van der Waals surface area contributed by atoms with Crippen molar-refractivity contribution in [1.29, 1.82) is 0 Å². The molecule has 1 N–H and O–H groups in total. The number of aromatic nitrogens is 6. The highest BCUT2D eigenvalue weighted by atomic mass is 16.5. The topological polar surface area (TPSA) is 90.6 Å². The van der Waals surface area contributed by atoms with E-state index in [1.165, 1.54) is 17.3 Å². The molecule has 2 aromatic rings. The van der Waals surface area contributed by atoms with Gasteiger partial charge in [-0.15, -0.1) is 6.42 Å². The predicted molar refractivity (Wildman–Crippen MR) is 72.4 cm³/mol. The monoisotopic (exact) mass is 273 g/mol. The van der Waals surface area contributed by atoms with Gasteiger partial charge in [0.05, 0.1) is 0 Å². The molecule has 0 aliphatic carbocycles. The molecule has 0 saturated carbocycles. The third-order valence-corrected chi connectivity index (χ3v) is 2.28. The summed E-state index contributed by atoms with van der Waals surface area (Å²) in [6.45, 7) is 4.52. The summed E-state index contributed by atoms with van der Waals surface area (Å²) in [4.78, 5) is 16.4. The van der Waals surface area contributed by atoms with Crippen LogP contribution < -0.4 is 10.1 Å². The van der Waals surface area contributed by atoms with Gasteiger partial charge in [0, 0.05) is 6.54 Å². The lowest BCUT2D eigenvalue weighted by atomic mass is 10.4. The Morgan fingerprint density at radius 1 is 1.45 bits per heavy atom. The number of rotatable bonds is 6. The van der Waals surface area contributed by atoms with E-state index in [4.69, 9.17) is 11.2 Å². The zero-order chi connectivity index (χ0) is 14.4. The van der Waals surface area contributed by atoms with Crippen LogP contribution in [0.5, 0.6) is 6.01 Å².